The lowest BCUT2D eigenvalue weighted by atomic mass is 9.78. The molecule has 1 aliphatic heterocycles. The summed E-state index contributed by atoms with van der Waals surface area (Å²) in [5.41, 5.74) is -3.61. The molecular formula is C29H40BF5O4Si. The van der Waals surface area contributed by atoms with Crippen LogP contribution in [0.4, 0.5) is 22.0 Å². The summed E-state index contributed by atoms with van der Waals surface area (Å²) in [7, 11) is -3.71. The summed E-state index contributed by atoms with van der Waals surface area (Å²) >= 11 is 0. The number of hydrogen-bond acceptors (Lipinski definition) is 4. The molecule has 40 heavy (non-hydrogen) atoms. The predicted molar refractivity (Wildman–Crippen MR) is 149 cm³/mol. The summed E-state index contributed by atoms with van der Waals surface area (Å²) in [6.45, 7) is 13.5. The summed E-state index contributed by atoms with van der Waals surface area (Å²) in [5, 5.41) is 0. The average Bonchev–Trinajstić information content (AvgIpc) is 3.10. The van der Waals surface area contributed by atoms with Gasteiger partial charge in [-0.1, -0.05) is 39.0 Å². The van der Waals surface area contributed by atoms with Gasteiger partial charge in [-0.15, -0.1) is 0 Å². The molecule has 1 saturated heterocycles. The van der Waals surface area contributed by atoms with Crippen molar-refractivity contribution in [2.45, 2.75) is 103 Å². The minimum absolute atomic E-state index is 0.0917. The van der Waals surface area contributed by atoms with Crippen LogP contribution in [0.3, 0.4) is 0 Å². The zero-order valence-corrected chi connectivity index (χ0v) is 25.6. The molecule has 2 aromatic carbocycles. The standard InChI is InChI=1S/C29H40BF5O4Si/c1-9-40(10-2,11-3)39-28(8,20-12-14-21(31)15-13-20)29(34,35)18-19-36-25-23(32)17-16-22(24(25)33)30-37-26(4,5)27(6,7)38-30/h12-17H,9-11,18-19H2,1-8H3. The fourth-order valence-electron chi connectivity index (χ4n) is 4.86. The molecule has 0 amide bonds. The van der Waals surface area contributed by atoms with Gasteiger partial charge in [-0.3, -0.25) is 0 Å². The largest absolute Gasteiger partial charge is 0.498 e. The van der Waals surface area contributed by atoms with E-state index in [-0.39, 0.29) is 11.0 Å². The Bertz CT molecular complexity index is 1150. The summed E-state index contributed by atoms with van der Waals surface area (Å²) in [6, 6.07) is 8.84. The van der Waals surface area contributed by atoms with Crippen LogP contribution in [0.2, 0.25) is 18.1 Å². The number of hydrogen-bond donors (Lipinski definition) is 0. The van der Waals surface area contributed by atoms with Gasteiger partial charge in [0, 0.05) is 11.9 Å². The molecule has 4 nitrogen and oxygen atoms in total. The molecule has 0 radical (unpaired) electrons. The number of alkyl halides is 2. The highest BCUT2D eigenvalue weighted by molar-refractivity contribution is 6.73. The third-order valence-electron chi connectivity index (χ3n) is 8.70. The van der Waals surface area contributed by atoms with E-state index in [1.165, 1.54) is 25.1 Å². The lowest BCUT2D eigenvalue weighted by Crippen LogP contribution is -2.53. The van der Waals surface area contributed by atoms with E-state index in [2.05, 4.69) is 0 Å². The highest BCUT2D eigenvalue weighted by Crippen LogP contribution is 2.47. The van der Waals surface area contributed by atoms with Crippen molar-refractivity contribution < 1.29 is 40.4 Å². The average molecular weight is 587 g/mol. The maximum absolute atomic E-state index is 16.1. The Labute approximate surface area is 235 Å². The minimum atomic E-state index is -3.53. The van der Waals surface area contributed by atoms with Gasteiger partial charge in [0.05, 0.1) is 17.8 Å². The maximum Gasteiger partial charge on any atom is 0.498 e. The number of benzene rings is 2. The molecule has 1 fully saturated rings. The zero-order valence-electron chi connectivity index (χ0n) is 24.6. The molecule has 0 aliphatic carbocycles. The van der Waals surface area contributed by atoms with E-state index in [9.17, 15) is 8.78 Å². The molecule has 0 N–H and O–H groups in total. The van der Waals surface area contributed by atoms with E-state index in [4.69, 9.17) is 18.5 Å². The van der Waals surface area contributed by atoms with Gasteiger partial charge in [0.2, 0.25) is 0 Å². The van der Waals surface area contributed by atoms with Crippen LogP contribution in [0.5, 0.6) is 5.75 Å². The Morgan fingerprint density at radius 2 is 1.38 bits per heavy atom. The first-order valence-electron chi connectivity index (χ1n) is 13.8. The van der Waals surface area contributed by atoms with Crippen molar-refractivity contribution in [3.8, 4) is 5.75 Å². The highest BCUT2D eigenvalue weighted by Gasteiger charge is 2.56. The van der Waals surface area contributed by atoms with Crippen molar-refractivity contribution in [2.24, 2.45) is 0 Å². The van der Waals surface area contributed by atoms with E-state index >= 15 is 13.2 Å². The molecule has 2 aromatic rings. The second-order valence-electron chi connectivity index (χ2n) is 11.6. The van der Waals surface area contributed by atoms with E-state index in [0.29, 0.717) is 18.1 Å². The second-order valence-corrected chi connectivity index (χ2v) is 16.2. The summed E-state index contributed by atoms with van der Waals surface area (Å²) in [4.78, 5) is 0. The number of ether oxygens (including phenoxy) is 1. The van der Waals surface area contributed by atoms with Gasteiger partial charge in [0.1, 0.15) is 11.4 Å². The van der Waals surface area contributed by atoms with Gasteiger partial charge >= 0.3 is 7.12 Å². The molecule has 3 rings (SSSR count). The van der Waals surface area contributed by atoms with Crippen LogP contribution in [0, 0.1) is 17.5 Å². The molecule has 1 aliphatic rings. The fourth-order valence-corrected chi connectivity index (χ4v) is 7.93. The lowest BCUT2D eigenvalue weighted by Gasteiger charge is -2.45. The first-order valence-corrected chi connectivity index (χ1v) is 16.3. The van der Waals surface area contributed by atoms with Gasteiger partial charge in [-0.05, 0) is 76.5 Å². The second kappa shape index (κ2) is 11.7. The Morgan fingerprint density at radius 1 is 0.850 bits per heavy atom. The predicted octanol–water partition coefficient (Wildman–Crippen LogP) is 7.74. The lowest BCUT2D eigenvalue weighted by molar-refractivity contribution is -0.175. The van der Waals surface area contributed by atoms with Crippen molar-refractivity contribution in [3.63, 3.8) is 0 Å². The van der Waals surface area contributed by atoms with Crippen LogP contribution < -0.4 is 10.2 Å². The summed E-state index contributed by atoms with van der Waals surface area (Å²) < 4.78 is 99.4. The van der Waals surface area contributed by atoms with Crippen molar-refractivity contribution in [3.05, 3.63) is 59.4 Å². The van der Waals surface area contributed by atoms with Crippen molar-refractivity contribution in [2.75, 3.05) is 6.61 Å². The van der Waals surface area contributed by atoms with E-state index < -0.39 is 74.4 Å². The SMILES string of the molecule is CC[Si](CC)(CC)OC(C)(c1ccc(F)cc1)C(F)(F)CCOc1c(F)ccc(B2OC(C)(C)C(C)(C)O2)c1F. The Hall–Kier alpha value is -1.95. The van der Waals surface area contributed by atoms with E-state index in [1.54, 1.807) is 27.7 Å². The number of halogens is 5. The minimum Gasteiger partial charge on any atom is -0.487 e. The van der Waals surface area contributed by atoms with Gasteiger partial charge in [-0.2, -0.15) is 0 Å². The van der Waals surface area contributed by atoms with Gasteiger partial charge in [0.15, 0.2) is 25.7 Å². The van der Waals surface area contributed by atoms with Crippen LogP contribution >= 0.6 is 0 Å². The first kappa shape index (κ1) is 32.6. The monoisotopic (exact) mass is 586 g/mol. The Kier molecular flexibility index (Phi) is 9.56. The van der Waals surface area contributed by atoms with Crippen molar-refractivity contribution >= 4 is 20.9 Å². The van der Waals surface area contributed by atoms with Crippen LogP contribution in [-0.2, 0) is 19.3 Å². The third-order valence-corrected chi connectivity index (χ3v) is 13.4. The molecule has 0 bridgehead atoms. The van der Waals surface area contributed by atoms with E-state index in [1.807, 2.05) is 20.8 Å². The number of rotatable bonds is 12. The van der Waals surface area contributed by atoms with Gasteiger partial charge in [0.25, 0.3) is 5.92 Å². The van der Waals surface area contributed by atoms with Gasteiger partial charge in [-0.25, -0.2) is 22.0 Å². The quantitative estimate of drug-likeness (QED) is 0.188. The smallest absolute Gasteiger partial charge is 0.487 e. The molecule has 1 unspecified atom stereocenters. The molecule has 0 aromatic heterocycles. The van der Waals surface area contributed by atoms with Crippen LogP contribution in [0.15, 0.2) is 36.4 Å². The zero-order chi connectivity index (χ0) is 30.1. The highest BCUT2D eigenvalue weighted by atomic mass is 28.4. The molecule has 0 spiro atoms. The Morgan fingerprint density at radius 3 is 1.88 bits per heavy atom. The van der Waals surface area contributed by atoms with E-state index in [0.717, 1.165) is 18.2 Å². The molecule has 11 heteroatoms. The third kappa shape index (κ3) is 6.12. The first-order chi connectivity index (χ1) is 18.5. The molecule has 222 valence electrons. The van der Waals surface area contributed by atoms with Crippen LogP contribution in [0.1, 0.15) is 67.4 Å². The van der Waals surface area contributed by atoms with Crippen LogP contribution in [0.25, 0.3) is 0 Å². The van der Waals surface area contributed by atoms with Crippen molar-refractivity contribution in [1.82, 2.24) is 0 Å². The van der Waals surface area contributed by atoms with Gasteiger partial charge < -0.3 is 18.5 Å². The molecule has 1 heterocycles. The molecule has 1 atom stereocenters. The normalized spacial score (nSPS) is 18.6. The maximum atomic E-state index is 16.1. The summed E-state index contributed by atoms with van der Waals surface area (Å²) in [6.07, 6.45) is -0.901. The van der Waals surface area contributed by atoms with Crippen molar-refractivity contribution in [1.29, 1.82) is 0 Å². The fraction of sp³-hybridized carbons (Fsp3) is 0.586. The molecular weight excluding hydrogens is 546 g/mol. The summed E-state index contributed by atoms with van der Waals surface area (Å²) in [5.74, 6) is -6.98. The van der Waals surface area contributed by atoms with Crippen LogP contribution in [-0.4, -0.2) is 39.2 Å². The topological polar surface area (TPSA) is 36.9 Å². The Balaban J connectivity index is 1.88. The molecule has 0 saturated carbocycles.